The van der Waals surface area contributed by atoms with E-state index in [0.717, 1.165) is 43.5 Å². The van der Waals surface area contributed by atoms with Gasteiger partial charge in [0.25, 0.3) is 0 Å². The summed E-state index contributed by atoms with van der Waals surface area (Å²) in [5.74, 6) is -0.00304. The van der Waals surface area contributed by atoms with E-state index < -0.39 is 0 Å². The van der Waals surface area contributed by atoms with Crippen LogP contribution in [-0.4, -0.2) is 31.6 Å². The zero-order chi connectivity index (χ0) is 29.1. The van der Waals surface area contributed by atoms with E-state index in [0.29, 0.717) is 13.1 Å². The molecule has 0 radical (unpaired) electrons. The number of hydrogen-bond donors (Lipinski definition) is 3. The third-order valence-corrected chi connectivity index (χ3v) is 7.29. The standard InChI is InChI=1S/C22H47N3O.C12H10N2/c1-2-3-4-5-6-7-8-9-10-11-12-13-14-17-20-25-22(26)21(24)18-15-16-19-23;13-10-14-9-5-1-2-6-11-7-3-4-8-12(11)14/h21H,2-20,23-24H2,1H3,(H,25,26);1-8H,9H2/b;5-1-,6-2-/t21-;/m0./s1. The summed E-state index contributed by atoms with van der Waals surface area (Å²) >= 11 is 0. The monoisotopic (exact) mass is 551 g/mol. The number of hydrogen-bond acceptors (Lipinski definition) is 5. The Labute approximate surface area is 245 Å². The summed E-state index contributed by atoms with van der Waals surface area (Å²) in [5.41, 5.74) is 13.4. The molecule has 6 nitrogen and oxygen atoms in total. The Hall–Kier alpha value is -2.62. The van der Waals surface area contributed by atoms with Gasteiger partial charge in [0.05, 0.1) is 18.3 Å². The summed E-state index contributed by atoms with van der Waals surface area (Å²) in [5, 5.41) is 11.9. The molecule has 1 heterocycles. The van der Waals surface area contributed by atoms with Crippen LogP contribution in [0.25, 0.3) is 6.08 Å². The number of para-hydroxylation sites is 1. The number of allylic oxidation sites excluding steroid dienone is 2. The second kappa shape index (κ2) is 25.4. The molecule has 1 aromatic rings. The number of nitrogens with two attached hydrogens (primary N) is 2. The molecule has 1 aliphatic heterocycles. The average Bonchev–Trinajstić information content (AvgIpc) is 2.96. The van der Waals surface area contributed by atoms with E-state index in [4.69, 9.17) is 16.7 Å². The molecule has 1 aromatic carbocycles. The highest BCUT2D eigenvalue weighted by Crippen LogP contribution is 2.22. The smallest absolute Gasteiger partial charge is 0.236 e. The van der Waals surface area contributed by atoms with Crippen molar-refractivity contribution in [3.8, 4) is 6.19 Å². The third-order valence-electron chi connectivity index (χ3n) is 7.29. The number of unbranched alkanes of at least 4 members (excludes halogenated alkanes) is 14. The van der Waals surface area contributed by atoms with E-state index in [1.165, 1.54) is 83.5 Å². The molecule has 6 heteroatoms. The van der Waals surface area contributed by atoms with Crippen LogP contribution in [0.2, 0.25) is 0 Å². The highest BCUT2D eigenvalue weighted by Gasteiger charge is 2.11. The Balaban J connectivity index is 0.000000473. The van der Waals surface area contributed by atoms with Gasteiger partial charge in [0.15, 0.2) is 6.19 Å². The fourth-order valence-electron chi connectivity index (χ4n) is 4.77. The summed E-state index contributed by atoms with van der Waals surface area (Å²) in [6, 6.07) is 7.53. The topological polar surface area (TPSA) is 108 Å². The van der Waals surface area contributed by atoms with Crippen molar-refractivity contribution in [3.05, 3.63) is 48.1 Å². The molecule has 0 saturated heterocycles. The minimum absolute atomic E-state index is 0.00304. The van der Waals surface area contributed by atoms with E-state index in [1.807, 2.05) is 48.6 Å². The average molecular weight is 552 g/mol. The van der Waals surface area contributed by atoms with Crippen molar-refractivity contribution >= 4 is 17.7 Å². The van der Waals surface area contributed by atoms with Gasteiger partial charge in [0, 0.05) is 6.54 Å². The van der Waals surface area contributed by atoms with Gasteiger partial charge < -0.3 is 16.8 Å². The Kier molecular flexibility index (Phi) is 22.4. The maximum Gasteiger partial charge on any atom is 0.236 e. The van der Waals surface area contributed by atoms with Crippen LogP contribution >= 0.6 is 0 Å². The number of nitriles is 1. The van der Waals surface area contributed by atoms with Crippen LogP contribution in [0.3, 0.4) is 0 Å². The van der Waals surface area contributed by atoms with E-state index >= 15 is 0 Å². The van der Waals surface area contributed by atoms with Crippen LogP contribution in [-0.2, 0) is 4.79 Å². The van der Waals surface area contributed by atoms with E-state index in [2.05, 4.69) is 18.4 Å². The molecule has 0 spiro atoms. The van der Waals surface area contributed by atoms with Crippen LogP contribution < -0.4 is 21.7 Å². The van der Waals surface area contributed by atoms with Gasteiger partial charge >= 0.3 is 0 Å². The fraction of sp³-hybridized carbons (Fsp3) is 0.647. The molecule has 0 aliphatic carbocycles. The van der Waals surface area contributed by atoms with Crippen LogP contribution in [0.4, 0.5) is 5.69 Å². The van der Waals surface area contributed by atoms with Gasteiger partial charge in [-0.3, -0.25) is 9.69 Å². The van der Waals surface area contributed by atoms with Crippen molar-refractivity contribution in [2.45, 2.75) is 122 Å². The number of anilines is 1. The number of nitrogens with one attached hydrogen (secondary N) is 1. The Morgan fingerprint density at radius 2 is 1.50 bits per heavy atom. The highest BCUT2D eigenvalue weighted by atomic mass is 16.2. The van der Waals surface area contributed by atoms with Crippen LogP contribution in [0.15, 0.2) is 42.5 Å². The zero-order valence-corrected chi connectivity index (χ0v) is 25.3. The van der Waals surface area contributed by atoms with Gasteiger partial charge in [0.2, 0.25) is 5.91 Å². The quantitative estimate of drug-likeness (QED) is 0.114. The molecule has 2 rings (SSSR count). The Morgan fingerprint density at radius 1 is 0.900 bits per heavy atom. The molecule has 0 saturated carbocycles. The van der Waals surface area contributed by atoms with Crippen molar-refractivity contribution in [2.24, 2.45) is 11.5 Å². The summed E-state index contributed by atoms with van der Waals surface area (Å²) in [6.07, 6.45) is 31.7. The summed E-state index contributed by atoms with van der Waals surface area (Å²) in [6.45, 7) is 4.35. The van der Waals surface area contributed by atoms with Crippen molar-refractivity contribution in [1.82, 2.24) is 5.32 Å². The molecule has 0 bridgehead atoms. The first-order valence-corrected chi connectivity index (χ1v) is 16.0. The molecule has 1 aliphatic rings. The molecule has 1 amide bonds. The number of benzene rings is 1. The second-order valence-electron chi connectivity index (χ2n) is 10.8. The maximum absolute atomic E-state index is 11.8. The van der Waals surface area contributed by atoms with Gasteiger partial charge in [-0.15, -0.1) is 0 Å². The van der Waals surface area contributed by atoms with Gasteiger partial charge in [-0.1, -0.05) is 139 Å². The number of fused-ring (bicyclic) bond motifs is 1. The fourth-order valence-corrected chi connectivity index (χ4v) is 4.77. The first-order chi connectivity index (χ1) is 19.6. The summed E-state index contributed by atoms with van der Waals surface area (Å²) in [4.78, 5) is 13.5. The van der Waals surface area contributed by atoms with Gasteiger partial charge in [-0.25, -0.2) is 0 Å². The normalized spacial score (nSPS) is 14.5. The van der Waals surface area contributed by atoms with E-state index in [9.17, 15) is 4.79 Å². The van der Waals surface area contributed by atoms with Crippen molar-refractivity contribution in [2.75, 3.05) is 24.5 Å². The second-order valence-corrected chi connectivity index (χ2v) is 10.8. The molecule has 0 fully saturated rings. The number of carbonyl (C=O) groups is 1. The summed E-state index contributed by atoms with van der Waals surface area (Å²) < 4.78 is 0. The molecular formula is C34H57N5O. The highest BCUT2D eigenvalue weighted by molar-refractivity contribution is 5.81. The lowest BCUT2D eigenvalue weighted by Crippen LogP contribution is -2.40. The number of carbonyl (C=O) groups excluding carboxylic acids is 1. The van der Waals surface area contributed by atoms with Crippen LogP contribution in [0.5, 0.6) is 0 Å². The Bertz CT molecular complexity index is 860. The van der Waals surface area contributed by atoms with Gasteiger partial charge in [-0.2, -0.15) is 5.26 Å². The van der Waals surface area contributed by atoms with Crippen LogP contribution in [0.1, 0.15) is 122 Å². The lowest BCUT2D eigenvalue weighted by atomic mass is 10.0. The first kappa shape index (κ1) is 35.4. The molecule has 0 aromatic heterocycles. The predicted octanol–water partition coefficient (Wildman–Crippen LogP) is 7.60. The molecular weight excluding hydrogens is 494 g/mol. The lowest BCUT2D eigenvalue weighted by Gasteiger charge is -2.16. The van der Waals surface area contributed by atoms with Gasteiger partial charge in [-0.05, 0) is 37.4 Å². The lowest BCUT2D eigenvalue weighted by molar-refractivity contribution is -0.122. The maximum atomic E-state index is 11.8. The minimum Gasteiger partial charge on any atom is -0.355 e. The van der Waals surface area contributed by atoms with Crippen molar-refractivity contribution < 1.29 is 4.79 Å². The van der Waals surface area contributed by atoms with Crippen LogP contribution in [0, 0.1) is 11.5 Å². The number of nitrogens with zero attached hydrogens (tertiary/aromatic N) is 2. The SMILES string of the molecule is CCCCCCCCCCCCCCCCNC(=O)[C@@H](N)CCCCN.N#CN1C/C=C\C=C/c2ccccc21. The number of rotatable bonds is 20. The molecule has 0 unspecified atom stereocenters. The zero-order valence-electron chi connectivity index (χ0n) is 25.3. The van der Waals surface area contributed by atoms with Gasteiger partial charge in [0.1, 0.15) is 0 Å². The third kappa shape index (κ3) is 17.9. The summed E-state index contributed by atoms with van der Waals surface area (Å²) in [7, 11) is 0. The first-order valence-electron chi connectivity index (χ1n) is 16.0. The van der Waals surface area contributed by atoms with E-state index in [1.54, 1.807) is 4.90 Å². The van der Waals surface area contributed by atoms with E-state index in [-0.39, 0.29) is 11.9 Å². The largest absolute Gasteiger partial charge is 0.355 e. The Morgan fingerprint density at radius 3 is 2.10 bits per heavy atom. The number of amides is 1. The predicted molar refractivity (Wildman–Crippen MR) is 172 cm³/mol. The molecule has 40 heavy (non-hydrogen) atoms. The van der Waals surface area contributed by atoms with Crippen molar-refractivity contribution in [1.29, 1.82) is 5.26 Å². The molecule has 224 valence electrons. The van der Waals surface area contributed by atoms with Crippen molar-refractivity contribution in [3.63, 3.8) is 0 Å². The minimum atomic E-state index is -0.367. The molecule has 5 N–H and O–H groups in total. The molecule has 1 atom stereocenters.